The van der Waals surface area contributed by atoms with Crippen molar-refractivity contribution in [3.63, 3.8) is 0 Å². The van der Waals surface area contributed by atoms with E-state index < -0.39 is 0 Å². The minimum absolute atomic E-state index is 0.214. The van der Waals surface area contributed by atoms with Gasteiger partial charge in [-0.1, -0.05) is 26.0 Å². The predicted octanol–water partition coefficient (Wildman–Crippen LogP) is 7.71. The fourth-order valence-corrected chi connectivity index (χ4v) is 7.32. The Hall–Kier alpha value is -3.25. The van der Waals surface area contributed by atoms with Crippen molar-refractivity contribution in [3.8, 4) is 27.7 Å². The lowest BCUT2D eigenvalue weighted by atomic mass is 9.59. The molecule has 1 aliphatic carbocycles. The number of aromatic nitrogens is 2. The van der Waals surface area contributed by atoms with Crippen molar-refractivity contribution < 1.29 is 14.6 Å². The zero-order valence-electron chi connectivity index (χ0n) is 22.2. The highest BCUT2D eigenvalue weighted by atomic mass is 32.1. The second-order valence-corrected chi connectivity index (χ2v) is 12.4. The molecule has 6 rings (SSSR count). The van der Waals surface area contributed by atoms with Crippen LogP contribution in [0, 0.1) is 11.3 Å². The summed E-state index contributed by atoms with van der Waals surface area (Å²) in [4.78, 5) is 5.37. The first-order valence-corrected chi connectivity index (χ1v) is 13.9. The smallest absolute Gasteiger partial charge is 0.164 e. The van der Waals surface area contributed by atoms with E-state index >= 15 is 0 Å². The standard InChI is InChI=1S/C31H34N2O3S/c1-30(2)9-6-10-31(3)27(30)15-21-11-19(13-24(34)29(21)36-31)7-8-20-12-23-28(25(14-20)35-5)22(17-33(23)4)26-16-32-18-37-26/h7-8,11-14,16-18,27,34H,6,9-10,15H2,1-5H3/b8-7+/t27-,31-/m1/s1. The fourth-order valence-electron chi connectivity index (χ4n) is 6.68. The first-order chi connectivity index (χ1) is 17.7. The van der Waals surface area contributed by atoms with E-state index in [1.54, 1.807) is 18.4 Å². The Balaban J connectivity index is 1.36. The van der Waals surface area contributed by atoms with Gasteiger partial charge in [0.15, 0.2) is 11.5 Å². The van der Waals surface area contributed by atoms with Crippen molar-refractivity contribution in [1.29, 1.82) is 0 Å². The van der Waals surface area contributed by atoms with E-state index in [2.05, 4.69) is 73.9 Å². The molecular formula is C31H34N2O3S. The highest BCUT2D eigenvalue weighted by molar-refractivity contribution is 7.13. The van der Waals surface area contributed by atoms with Crippen LogP contribution in [-0.2, 0) is 13.5 Å². The molecule has 0 spiro atoms. The summed E-state index contributed by atoms with van der Waals surface area (Å²) in [6.07, 6.45) is 12.5. The van der Waals surface area contributed by atoms with E-state index in [-0.39, 0.29) is 16.8 Å². The Morgan fingerprint density at radius 2 is 1.92 bits per heavy atom. The molecule has 0 radical (unpaired) electrons. The number of ether oxygens (including phenoxy) is 2. The lowest BCUT2D eigenvalue weighted by Crippen LogP contribution is -2.53. The third-order valence-corrected chi connectivity index (χ3v) is 9.37. The van der Waals surface area contributed by atoms with Crippen LogP contribution in [0.3, 0.4) is 0 Å². The van der Waals surface area contributed by atoms with E-state index in [0.717, 1.165) is 63.0 Å². The molecule has 0 saturated heterocycles. The number of methoxy groups -OCH3 is 1. The molecule has 6 heteroatoms. The maximum Gasteiger partial charge on any atom is 0.164 e. The molecule has 4 aromatic rings. The lowest BCUT2D eigenvalue weighted by Gasteiger charge is -2.53. The molecule has 2 aromatic heterocycles. The van der Waals surface area contributed by atoms with Gasteiger partial charge in [0.25, 0.3) is 0 Å². The molecule has 37 heavy (non-hydrogen) atoms. The van der Waals surface area contributed by atoms with Gasteiger partial charge in [-0.25, -0.2) is 0 Å². The summed E-state index contributed by atoms with van der Waals surface area (Å²) in [6, 6.07) is 8.24. The molecule has 1 aliphatic heterocycles. The van der Waals surface area contributed by atoms with E-state index in [1.165, 1.54) is 6.42 Å². The third-order valence-electron chi connectivity index (χ3n) is 8.56. The van der Waals surface area contributed by atoms with Gasteiger partial charge in [0.1, 0.15) is 11.4 Å². The molecule has 1 fully saturated rings. The molecule has 5 nitrogen and oxygen atoms in total. The number of thiazole rings is 1. The number of aryl methyl sites for hydroxylation is 1. The second kappa shape index (κ2) is 8.66. The SMILES string of the molecule is COc1cc(/C=C/c2cc(O)c3c(c2)C[C@@H]2C(C)(C)CCC[C@@]2(C)O3)cc2c1c(-c1cncs1)cn2C. The molecule has 0 unspecified atom stereocenters. The minimum Gasteiger partial charge on any atom is -0.504 e. The van der Waals surface area contributed by atoms with Crippen molar-refractivity contribution in [2.45, 2.75) is 52.1 Å². The number of nitrogens with zero attached hydrogens (tertiary/aromatic N) is 2. The third kappa shape index (κ3) is 4.02. The van der Waals surface area contributed by atoms with E-state index in [1.807, 2.05) is 17.8 Å². The molecule has 2 atom stereocenters. The summed E-state index contributed by atoms with van der Waals surface area (Å²) in [7, 11) is 3.77. The molecule has 0 amide bonds. The van der Waals surface area contributed by atoms with Gasteiger partial charge in [-0.15, -0.1) is 11.3 Å². The summed E-state index contributed by atoms with van der Waals surface area (Å²) in [5.41, 5.74) is 7.18. The van der Waals surface area contributed by atoms with Crippen molar-refractivity contribution in [2.75, 3.05) is 7.11 Å². The average molecular weight is 515 g/mol. The van der Waals surface area contributed by atoms with Crippen LogP contribution in [0.2, 0.25) is 0 Å². The number of benzene rings is 2. The van der Waals surface area contributed by atoms with Gasteiger partial charge < -0.3 is 19.1 Å². The number of rotatable bonds is 4. The molecule has 3 heterocycles. The predicted molar refractivity (Wildman–Crippen MR) is 151 cm³/mol. The molecule has 1 N–H and O–H groups in total. The number of phenolic OH excluding ortho intramolecular Hbond substituents is 1. The second-order valence-electron chi connectivity index (χ2n) is 11.5. The Bertz CT molecular complexity index is 1520. The van der Waals surface area contributed by atoms with Crippen LogP contribution in [0.15, 0.2) is 42.2 Å². The van der Waals surface area contributed by atoms with Gasteiger partial charge in [-0.05, 0) is 79.0 Å². The highest BCUT2D eigenvalue weighted by Gasteiger charge is 2.51. The molecule has 2 aliphatic rings. The van der Waals surface area contributed by atoms with Gasteiger partial charge in [-0.3, -0.25) is 4.98 Å². The van der Waals surface area contributed by atoms with Crippen LogP contribution in [-0.4, -0.2) is 27.4 Å². The van der Waals surface area contributed by atoms with Crippen LogP contribution < -0.4 is 9.47 Å². The fraction of sp³-hybridized carbons (Fsp3) is 0.387. The largest absolute Gasteiger partial charge is 0.504 e. The van der Waals surface area contributed by atoms with Gasteiger partial charge in [0, 0.05) is 30.9 Å². The van der Waals surface area contributed by atoms with E-state index in [9.17, 15) is 5.11 Å². The monoisotopic (exact) mass is 514 g/mol. The lowest BCUT2D eigenvalue weighted by molar-refractivity contribution is -0.0827. The van der Waals surface area contributed by atoms with Crippen LogP contribution in [0.25, 0.3) is 33.5 Å². The number of hydrogen-bond donors (Lipinski definition) is 1. The van der Waals surface area contributed by atoms with Gasteiger partial charge in [-0.2, -0.15) is 0 Å². The molecular weight excluding hydrogens is 480 g/mol. The van der Waals surface area contributed by atoms with Crippen molar-refractivity contribution in [2.24, 2.45) is 18.4 Å². The van der Waals surface area contributed by atoms with Crippen molar-refractivity contribution in [3.05, 3.63) is 58.9 Å². The summed E-state index contributed by atoms with van der Waals surface area (Å²) in [6.45, 7) is 6.95. The van der Waals surface area contributed by atoms with Crippen LogP contribution in [0.1, 0.15) is 56.7 Å². The van der Waals surface area contributed by atoms with Gasteiger partial charge in [0.05, 0.1) is 28.4 Å². The number of fused-ring (bicyclic) bond motifs is 3. The summed E-state index contributed by atoms with van der Waals surface area (Å²) in [5, 5.41) is 12.0. The maximum absolute atomic E-state index is 10.9. The highest BCUT2D eigenvalue weighted by Crippen LogP contribution is 2.54. The van der Waals surface area contributed by atoms with Crippen LogP contribution in [0.5, 0.6) is 17.2 Å². The summed E-state index contributed by atoms with van der Waals surface area (Å²) >= 11 is 1.63. The van der Waals surface area contributed by atoms with Crippen LogP contribution in [0.4, 0.5) is 0 Å². The number of hydrogen-bond acceptors (Lipinski definition) is 5. The molecule has 0 bridgehead atoms. The Labute approximate surface area is 222 Å². The molecule has 192 valence electrons. The van der Waals surface area contributed by atoms with E-state index in [4.69, 9.17) is 9.47 Å². The Kier molecular flexibility index (Phi) is 5.64. The first kappa shape index (κ1) is 24.1. The average Bonchev–Trinajstić information content (AvgIpc) is 3.50. The first-order valence-electron chi connectivity index (χ1n) is 13.0. The normalized spacial score (nSPS) is 22.6. The van der Waals surface area contributed by atoms with Crippen molar-refractivity contribution >= 4 is 34.4 Å². The number of aromatic hydroxyl groups is 1. The summed E-state index contributed by atoms with van der Waals surface area (Å²) in [5.74, 6) is 2.15. The molecule has 2 aromatic carbocycles. The zero-order valence-corrected chi connectivity index (χ0v) is 23.0. The Morgan fingerprint density at radius 3 is 2.65 bits per heavy atom. The summed E-state index contributed by atoms with van der Waals surface area (Å²) < 4.78 is 14.5. The minimum atomic E-state index is -0.220. The molecule has 1 saturated carbocycles. The van der Waals surface area contributed by atoms with Gasteiger partial charge >= 0.3 is 0 Å². The number of phenols is 1. The quantitative estimate of drug-likeness (QED) is 0.283. The topological polar surface area (TPSA) is 56.5 Å². The zero-order chi connectivity index (χ0) is 25.9. The van der Waals surface area contributed by atoms with Crippen LogP contribution >= 0.6 is 11.3 Å². The van der Waals surface area contributed by atoms with Crippen molar-refractivity contribution in [1.82, 2.24) is 9.55 Å². The Morgan fingerprint density at radius 1 is 1.14 bits per heavy atom. The van der Waals surface area contributed by atoms with Gasteiger partial charge in [0.2, 0.25) is 0 Å². The van der Waals surface area contributed by atoms with E-state index in [0.29, 0.717) is 11.7 Å². The maximum atomic E-state index is 10.9.